The van der Waals surface area contributed by atoms with Gasteiger partial charge in [-0.05, 0) is 56.2 Å². The molecule has 31 heavy (non-hydrogen) atoms. The first-order valence-corrected chi connectivity index (χ1v) is 10.8. The lowest BCUT2D eigenvalue weighted by Crippen LogP contribution is -2.35. The van der Waals surface area contributed by atoms with Gasteiger partial charge in [0.1, 0.15) is 0 Å². The van der Waals surface area contributed by atoms with Crippen molar-refractivity contribution in [3.63, 3.8) is 0 Å². The molecule has 0 aliphatic carbocycles. The zero-order valence-corrected chi connectivity index (χ0v) is 18.2. The zero-order valence-electron chi connectivity index (χ0n) is 18.2. The molecule has 0 bridgehead atoms. The molecule has 0 spiro atoms. The fourth-order valence-electron chi connectivity index (χ4n) is 4.32. The third-order valence-electron chi connectivity index (χ3n) is 6.13. The van der Waals surface area contributed by atoms with E-state index in [4.69, 9.17) is 5.26 Å². The van der Waals surface area contributed by atoms with E-state index >= 15 is 0 Å². The fraction of sp³-hybridized carbons (Fsp3) is 0.308. The second-order valence-corrected chi connectivity index (χ2v) is 8.15. The van der Waals surface area contributed by atoms with E-state index in [-0.39, 0.29) is 5.91 Å². The summed E-state index contributed by atoms with van der Waals surface area (Å²) in [5, 5.41) is 9.00. The highest BCUT2D eigenvalue weighted by atomic mass is 16.2. The highest BCUT2D eigenvalue weighted by Crippen LogP contribution is 2.21. The topological polar surface area (TPSA) is 52.3 Å². The molecule has 3 aromatic rings. The van der Waals surface area contributed by atoms with Crippen molar-refractivity contribution in [2.75, 3.05) is 31.1 Å². The molecule has 4 rings (SSSR count). The molecular weight excluding hydrogens is 384 g/mol. The Balaban J connectivity index is 1.47. The van der Waals surface area contributed by atoms with Gasteiger partial charge in [-0.15, -0.1) is 0 Å². The molecule has 158 valence electrons. The average molecular weight is 413 g/mol. The van der Waals surface area contributed by atoms with Gasteiger partial charge in [-0.2, -0.15) is 5.26 Å². The molecule has 5 heteroatoms. The normalized spacial score (nSPS) is 14.2. The Morgan fingerprint density at radius 2 is 1.71 bits per heavy atom. The lowest BCUT2D eigenvalue weighted by molar-refractivity contribution is 0.0766. The number of nitrogens with zero attached hydrogens (tertiary/aromatic N) is 4. The monoisotopic (exact) mass is 412 g/mol. The summed E-state index contributed by atoms with van der Waals surface area (Å²) in [6.07, 6.45) is 0.925. The van der Waals surface area contributed by atoms with Crippen LogP contribution < -0.4 is 4.90 Å². The van der Waals surface area contributed by atoms with Crippen LogP contribution in [0.4, 0.5) is 5.69 Å². The molecular formula is C26H28N4O. The minimum atomic E-state index is 0.120. The fourth-order valence-corrected chi connectivity index (χ4v) is 4.32. The summed E-state index contributed by atoms with van der Waals surface area (Å²) in [4.78, 5) is 17.7. The van der Waals surface area contributed by atoms with Crippen LogP contribution in [0.15, 0.2) is 60.7 Å². The Hall–Kier alpha value is -3.52. The van der Waals surface area contributed by atoms with Crippen LogP contribution in [0.2, 0.25) is 0 Å². The van der Waals surface area contributed by atoms with Gasteiger partial charge in [0.15, 0.2) is 0 Å². The van der Waals surface area contributed by atoms with E-state index in [2.05, 4.69) is 34.6 Å². The van der Waals surface area contributed by atoms with Crippen molar-refractivity contribution < 1.29 is 4.79 Å². The Morgan fingerprint density at radius 3 is 2.42 bits per heavy atom. The minimum Gasteiger partial charge on any atom is -0.370 e. The lowest BCUT2D eigenvalue weighted by atomic mass is 10.2. The Morgan fingerprint density at radius 1 is 0.968 bits per heavy atom. The van der Waals surface area contributed by atoms with E-state index in [0.29, 0.717) is 12.1 Å². The first-order valence-electron chi connectivity index (χ1n) is 10.8. The quantitative estimate of drug-likeness (QED) is 0.639. The summed E-state index contributed by atoms with van der Waals surface area (Å²) in [5.74, 6) is 0.120. The lowest BCUT2D eigenvalue weighted by Gasteiger charge is -2.24. The van der Waals surface area contributed by atoms with Gasteiger partial charge in [0.25, 0.3) is 5.91 Å². The summed E-state index contributed by atoms with van der Waals surface area (Å²) in [5.41, 5.74) is 5.95. The maximum absolute atomic E-state index is 13.4. The molecule has 0 unspecified atom stereocenters. The van der Waals surface area contributed by atoms with Crippen molar-refractivity contribution in [2.24, 2.45) is 0 Å². The van der Waals surface area contributed by atoms with Crippen molar-refractivity contribution in [2.45, 2.75) is 26.8 Å². The van der Waals surface area contributed by atoms with Gasteiger partial charge in [-0.1, -0.05) is 30.3 Å². The van der Waals surface area contributed by atoms with Crippen LogP contribution in [0, 0.1) is 25.2 Å². The van der Waals surface area contributed by atoms with Gasteiger partial charge in [-0.3, -0.25) is 4.79 Å². The number of hydrogen-bond donors (Lipinski definition) is 0. The summed E-state index contributed by atoms with van der Waals surface area (Å²) in [6, 6.07) is 22.2. The summed E-state index contributed by atoms with van der Waals surface area (Å²) >= 11 is 0. The van der Waals surface area contributed by atoms with Crippen LogP contribution in [-0.4, -0.2) is 41.6 Å². The molecule has 1 fully saturated rings. The highest BCUT2D eigenvalue weighted by Gasteiger charge is 2.24. The third-order valence-corrected chi connectivity index (χ3v) is 6.13. The van der Waals surface area contributed by atoms with Crippen LogP contribution in [-0.2, 0) is 6.54 Å². The van der Waals surface area contributed by atoms with Crippen LogP contribution in [0.3, 0.4) is 0 Å². The van der Waals surface area contributed by atoms with Crippen LogP contribution in [0.1, 0.15) is 39.3 Å². The largest absolute Gasteiger partial charge is 0.370 e. The molecule has 1 aliphatic heterocycles. The number of amides is 1. The standard InChI is InChI=1S/C26H28N4O/c1-20-17-25(21(2)30(20)19-23-7-4-3-5-8-23)26(31)29-14-6-13-28(15-16-29)24-11-9-22(18-27)10-12-24/h3-5,7-12,17H,6,13-16,19H2,1-2H3. The Bertz CT molecular complexity index is 1090. The molecule has 1 saturated heterocycles. The smallest absolute Gasteiger partial charge is 0.255 e. The van der Waals surface area contributed by atoms with Gasteiger partial charge in [0, 0.05) is 49.8 Å². The van der Waals surface area contributed by atoms with Gasteiger partial charge in [0.2, 0.25) is 0 Å². The number of carbonyl (C=O) groups excluding carboxylic acids is 1. The van der Waals surface area contributed by atoms with E-state index in [1.807, 2.05) is 60.4 Å². The number of aryl methyl sites for hydroxylation is 1. The van der Waals surface area contributed by atoms with E-state index in [0.717, 1.165) is 55.2 Å². The summed E-state index contributed by atoms with van der Waals surface area (Å²) < 4.78 is 2.23. The van der Waals surface area contributed by atoms with Crippen molar-refractivity contribution in [3.05, 3.63) is 88.7 Å². The Kier molecular flexibility index (Phi) is 6.08. The van der Waals surface area contributed by atoms with Crippen molar-refractivity contribution >= 4 is 11.6 Å². The van der Waals surface area contributed by atoms with Crippen LogP contribution in [0.5, 0.6) is 0 Å². The molecule has 1 amide bonds. The summed E-state index contributed by atoms with van der Waals surface area (Å²) in [7, 11) is 0. The molecule has 0 saturated carbocycles. The van der Waals surface area contributed by atoms with Gasteiger partial charge < -0.3 is 14.4 Å². The Labute approximate surface area is 184 Å². The number of anilines is 1. The third kappa shape index (κ3) is 4.49. The van der Waals surface area contributed by atoms with Gasteiger partial charge >= 0.3 is 0 Å². The van der Waals surface area contributed by atoms with E-state index in [1.165, 1.54) is 5.56 Å². The zero-order chi connectivity index (χ0) is 21.8. The predicted octanol–water partition coefficient (Wildman–Crippen LogP) is 4.38. The van der Waals surface area contributed by atoms with E-state index in [1.54, 1.807) is 0 Å². The number of nitriles is 1. The van der Waals surface area contributed by atoms with Crippen molar-refractivity contribution in [1.82, 2.24) is 9.47 Å². The molecule has 1 aliphatic rings. The number of hydrogen-bond acceptors (Lipinski definition) is 3. The molecule has 2 aromatic carbocycles. The second kappa shape index (κ2) is 9.09. The van der Waals surface area contributed by atoms with Crippen LogP contribution >= 0.6 is 0 Å². The first-order chi connectivity index (χ1) is 15.1. The van der Waals surface area contributed by atoms with E-state index < -0.39 is 0 Å². The molecule has 2 heterocycles. The van der Waals surface area contributed by atoms with Gasteiger partial charge in [0.05, 0.1) is 17.2 Å². The molecule has 0 atom stereocenters. The minimum absolute atomic E-state index is 0.120. The second-order valence-electron chi connectivity index (χ2n) is 8.15. The van der Waals surface area contributed by atoms with Gasteiger partial charge in [-0.25, -0.2) is 0 Å². The SMILES string of the molecule is Cc1cc(C(=O)N2CCCN(c3ccc(C#N)cc3)CC2)c(C)n1Cc1ccccc1. The maximum atomic E-state index is 13.4. The summed E-state index contributed by atoms with van der Waals surface area (Å²) in [6.45, 7) is 8.04. The van der Waals surface area contributed by atoms with E-state index in [9.17, 15) is 4.79 Å². The maximum Gasteiger partial charge on any atom is 0.255 e. The number of carbonyl (C=O) groups is 1. The number of rotatable bonds is 4. The van der Waals surface area contributed by atoms with Crippen molar-refractivity contribution in [3.8, 4) is 6.07 Å². The number of aromatic nitrogens is 1. The number of benzene rings is 2. The molecule has 0 radical (unpaired) electrons. The predicted molar refractivity (Wildman–Crippen MR) is 123 cm³/mol. The highest BCUT2D eigenvalue weighted by molar-refractivity contribution is 5.95. The molecule has 5 nitrogen and oxygen atoms in total. The first kappa shape index (κ1) is 20.7. The van der Waals surface area contributed by atoms with Crippen molar-refractivity contribution in [1.29, 1.82) is 5.26 Å². The molecule has 1 aromatic heterocycles. The average Bonchev–Trinajstić information content (AvgIpc) is 2.98. The van der Waals surface area contributed by atoms with Crippen LogP contribution in [0.25, 0.3) is 0 Å². The molecule has 0 N–H and O–H groups in total.